The Bertz CT molecular complexity index is 91.3. The van der Waals surface area contributed by atoms with Crippen molar-refractivity contribution in [2.45, 2.75) is 53.4 Å². The minimum atomic E-state index is 0.957. The van der Waals surface area contributed by atoms with Crippen LogP contribution in [0.4, 0.5) is 0 Å². The van der Waals surface area contributed by atoms with E-state index in [1.54, 1.807) is 0 Å². The first-order valence-electron chi connectivity index (χ1n) is 5.96. The second kappa shape index (κ2) is 8.55. The molecule has 0 spiro atoms. The van der Waals surface area contributed by atoms with E-state index in [1.807, 2.05) is 13.8 Å². The van der Waals surface area contributed by atoms with Crippen LogP contribution in [-0.2, 0) is 4.74 Å². The summed E-state index contributed by atoms with van der Waals surface area (Å²) in [5, 5.41) is 0. The molecule has 0 aromatic carbocycles. The topological polar surface area (TPSA) is 9.23 Å². The molecule has 0 aromatic heterocycles. The maximum atomic E-state index is 5.34. The van der Waals surface area contributed by atoms with E-state index in [1.165, 1.54) is 25.7 Å². The van der Waals surface area contributed by atoms with Gasteiger partial charge in [-0.25, -0.2) is 0 Å². The Morgan fingerprint density at radius 3 is 1.92 bits per heavy atom. The van der Waals surface area contributed by atoms with E-state index in [2.05, 4.69) is 13.8 Å². The molecule has 1 nitrogen and oxygen atoms in total. The highest BCUT2D eigenvalue weighted by Crippen LogP contribution is 2.28. The molecule has 1 aliphatic heterocycles. The minimum absolute atomic E-state index is 0.957. The minimum Gasteiger partial charge on any atom is -0.381 e. The lowest BCUT2D eigenvalue weighted by Crippen LogP contribution is -2.22. The highest BCUT2D eigenvalue weighted by atomic mass is 16.5. The summed E-state index contributed by atoms with van der Waals surface area (Å²) in [5.41, 5.74) is 0. The van der Waals surface area contributed by atoms with Gasteiger partial charge in [-0.2, -0.15) is 0 Å². The summed E-state index contributed by atoms with van der Waals surface area (Å²) in [6.45, 7) is 10.6. The van der Waals surface area contributed by atoms with Crippen LogP contribution in [0.1, 0.15) is 53.4 Å². The summed E-state index contributed by atoms with van der Waals surface area (Å²) >= 11 is 0. The molecule has 80 valence electrons. The maximum absolute atomic E-state index is 5.34. The normalized spacial score (nSPS) is 18.2. The van der Waals surface area contributed by atoms with Gasteiger partial charge in [-0.1, -0.05) is 40.5 Å². The van der Waals surface area contributed by atoms with Gasteiger partial charge in [-0.15, -0.1) is 0 Å². The predicted octanol–water partition coefficient (Wildman–Crippen LogP) is 3.88. The van der Waals surface area contributed by atoms with Crippen molar-refractivity contribution in [2.75, 3.05) is 13.2 Å². The third kappa shape index (κ3) is 4.66. The van der Waals surface area contributed by atoms with Gasteiger partial charge in [0.25, 0.3) is 0 Å². The summed E-state index contributed by atoms with van der Waals surface area (Å²) in [5.74, 6) is 1.91. The highest BCUT2D eigenvalue weighted by molar-refractivity contribution is 4.70. The van der Waals surface area contributed by atoms with Gasteiger partial charge in [-0.05, 0) is 24.7 Å². The Balaban J connectivity index is 0.000000671. The molecule has 13 heavy (non-hydrogen) atoms. The zero-order valence-electron chi connectivity index (χ0n) is 9.81. The fraction of sp³-hybridized carbons (Fsp3) is 1.00. The second-order valence-corrected chi connectivity index (χ2v) is 3.53. The lowest BCUT2D eigenvalue weighted by atomic mass is 9.83. The summed E-state index contributed by atoms with van der Waals surface area (Å²) in [7, 11) is 0. The van der Waals surface area contributed by atoms with Crippen LogP contribution in [0.2, 0.25) is 0 Å². The van der Waals surface area contributed by atoms with E-state index < -0.39 is 0 Å². The number of hydrogen-bond acceptors (Lipinski definition) is 1. The summed E-state index contributed by atoms with van der Waals surface area (Å²) in [6, 6.07) is 0. The molecule has 0 radical (unpaired) electrons. The number of rotatable bonds is 3. The van der Waals surface area contributed by atoms with E-state index >= 15 is 0 Å². The Kier molecular flexibility index (Phi) is 8.53. The van der Waals surface area contributed by atoms with Crippen LogP contribution in [0.3, 0.4) is 0 Å². The maximum Gasteiger partial charge on any atom is 0.0468 e. The van der Waals surface area contributed by atoms with E-state index in [-0.39, 0.29) is 0 Å². The Morgan fingerprint density at radius 1 is 1.08 bits per heavy atom. The molecule has 0 atom stereocenters. The van der Waals surface area contributed by atoms with Gasteiger partial charge in [0.2, 0.25) is 0 Å². The smallest absolute Gasteiger partial charge is 0.0468 e. The summed E-state index contributed by atoms with van der Waals surface area (Å²) in [6.07, 6.45) is 5.29. The van der Waals surface area contributed by atoms with Crippen LogP contribution in [0.15, 0.2) is 0 Å². The van der Waals surface area contributed by atoms with Crippen molar-refractivity contribution in [3.05, 3.63) is 0 Å². The second-order valence-electron chi connectivity index (χ2n) is 3.53. The fourth-order valence-electron chi connectivity index (χ4n) is 2.14. The van der Waals surface area contributed by atoms with E-state index in [9.17, 15) is 0 Å². The monoisotopic (exact) mass is 186 g/mol. The SMILES string of the molecule is CC.CCC(CC)C1CCOCC1. The number of hydrogen-bond donors (Lipinski definition) is 0. The van der Waals surface area contributed by atoms with Crippen molar-refractivity contribution in [1.82, 2.24) is 0 Å². The van der Waals surface area contributed by atoms with Crippen molar-refractivity contribution < 1.29 is 4.74 Å². The Labute approximate surface area is 83.9 Å². The van der Waals surface area contributed by atoms with Crippen LogP contribution in [0, 0.1) is 11.8 Å². The van der Waals surface area contributed by atoms with Crippen molar-refractivity contribution >= 4 is 0 Å². The molecular formula is C12H26O. The summed E-state index contributed by atoms with van der Waals surface area (Å²) < 4.78 is 5.34. The van der Waals surface area contributed by atoms with Gasteiger partial charge >= 0.3 is 0 Å². The average Bonchev–Trinajstić information content (AvgIpc) is 2.24. The van der Waals surface area contributed by atoms with Gasteiger partial charge in [0.05, 0.1) is 0 Å². The van der Waals surface area contributed by atoms with Crippen molar-refractivity contribution in [1.29, 1.82) is 0 Å². The van der Waals surface area contributed by atoms with Crippen LogP contribution < -0.4 is 0 Å². The van der Waals surface area contributed by atoms with Gasteiger partial charge in [0, 0.05) is 13.2 Å². The first-order chi connectivity index (χ1) is 6.38. The Morgan fingerprint density at radius 2 is 1.54 bits per heavy atom. The zero-order valence-corrected chi connectivity index (χ0v) is 9.81. The van der Waals surface area contributed by atoms with Crippen LogP contribution in [-0.4, -0.2) is 13.2 Å². The average molecular weight is 186 g/mol. The fourth-order valence-corrected chi connectivity index (χ4v) is 2.14. The third-order valence-electron chi connectivity index (χ3n) is 2.98. The van der Waals surface area contributed by atoms with E-state index in [0.29, 0.717) is 0 Å². The lowest BCUT2D eigenvalue weighted by Gasteiger charge is -2.28. The molecule has 0 N–H and O–H groups in total. The first kappa shape index (κ1) is 13.0. The van der Waals surface area contributed by atoms with Gasteiger partial charge in [-0.3, -0.25) is 0 Å². The molecular weight excluding hydrogens is 160 g/mol. The standard InChI is InChI=1S/C10H20O.C2H6/c1-3-9(4-2)10-5-7-11-8-6-10;1-2/h9-10H,3-8H2,1-2H3;1-2H3. The van der Waals surface area contributed by atoms with E-state index in [4.69, 9.17) is 4.74 Å². The van der Waals surface area contributed by atoms with Crippen LogP contribution in [0.25, 0.3) is 0 Å². The Hall–Kier alpha value is -0.0400. The molecule has 0 amide bonds. The molecule has 1 heterocycles. The molecule has 1 aliphatic rings. The largest absolute Gasteiger partial charge is 0.381 e. The van der Waals surface area contributed by atoms with Gasteiger partial charge in [0.15, 0.2) is 0 Å². The van der Waals surface area contributed by atoms with Gasteiger partial charge in [0.1, 0.15) is 0 Å². The molecule has 1 rings (SSSR count). The molecule has 0 aromatic rings. The van der Waals surface area contributed by atoms with Crippen molar-refractivity contribution in [3.8, 4) is 0 Å². The quantitative estimate of drug-likeness (QED) is 0.650. The zero-order chi connectivity index (χ0) is 10.1. The first-order valence-corrected chi connectivity index (χ1v) is 5.96. The van der Waals surface area contributed by atoms with Crippen molar-refractivity contribution in [2.24, 2.45) is 11.8 Å². The summed E-state index contributed by atoms with van der Waals surface area (Å²) in [4.78, 5) is 0. The molecule has 1 fully saturated rings. The van der Waals surface area contributed by atoms with E-state index in [0.717, 1.165) is 25.0 Å². The third-order valence-corrected chi connectivity index (χ3v) is 2.98. The highest BCUT2D eigenvalue weighted by Gasteiger charge is 2.20. The lowest BCUT2D eigenvalue weighted by molar-refractivity contribution is 0.0451. The van der Waals surface area contributed by atoms with Crippen LogP contribution >= 0.6 is 0 Å². The predicted molar refractivity (Wildman–Crippen MR) is 59.0 cm³/mol. The molecule has 0 unspecified atom stereocenters. The van der Waals surface area contributed by atoms with Crippen molar-refractivity contribution in [3.63, 3.8) is 0 Å². The molecule has 1 saturated heterocycles. The van der Waals surface area contributed by atoms with Crippen LogP contribution in [0.5, 0.6) is 0 Å². The molecule has 0 aliphatic carbocycles. The molecule has 0 bridgehead atoms. The molecule has 0 saturated carbocycles. The molecule has 1 heteroatoms. The van der Waals surface area contributed by atoms with Gasteiger partial charge < -0.3 is 4.74 Å². The number of ether oxygens (including phenoxy) is 1.